The van der Waals surface area contributed by atoms with Gasteiger partial charge in [0.2, 0.25) is 0 Å². The molecule has 0 aliphatic carbocycles. The van der Waals surface area contributed by atoms with Crippen LogP contribution < -0.4 is 5.32 Å². The number of nitrogens with zero attached hydrogens (tertiary/aromatic N) is 1. The van der Waals surface area contributed by atoms with Gasteiger partial charge in [-0.2, -0.15) is 5.26 Å². The van der Waals surface area contributed by atoms with Gasteiger partial charge in [-0.15, -0.1) is 0 Å². The average Bonchev–Trinajstić information content (AvgIpc) is 2.40. The molecule has 1 amide bonds. The lowest BCUT2D eigenvalue weighted by molar-refractivity contribution is 0.102. The molecule has 6 heteroatoms. The van der Waals surface area contributed by atoms with E-state index in [9.17, 15) is 9.18 Å². The van der Waals surface area contributed by atoms with Crippen LogP contribution in [0.4, 0.5) is 10.1 Å². The second-order valence-corrected chi connectivity index (χ2v) is 5.65. The number of halogens is 3. The van der Waals surface area contributed by atoms with Crippen LogP contribution in [0.3, 0.4) is 0 Å². The molecular weight excluding hydrogens is 391 g/mol. The van der Waals surface area contributed by atoms with Crippen molar-refractivity contribution in [2.45, 2.75) is 0 Å². The molecule has 2 rings (SSSR count). The molecule has 3 nitrogen and oxygen atoms in total. The first-order valence-corrected chi connectivity index (χ1v) is 7.06. The third-order valence-electron chi connectivity index (χ3n) is 2.53. The van der Waals surface area contributed by atoms with Crippen molar-refractivity contribution in [3.63, 3.8) is 0 Å². The van der Waals surface area contributed by atoms with E-state index >= 15 is 0 Å². The maximum Gasteiger partial charge on any atom is 0.256 e. The first kappa shape index (κ1) is 14.7. The molecule has 2 aromatic carbocycles. The summed E-state index contributed by atoms with van der Waals surface area (Å²) in [7, 11) is 0. The number of rotatable bonds is 2. The highest BCUT2D eigenvalue weighted by Crippen LogP contribution is 2.23. The van der Waals surface area contributed by atoms with E-state index in [2.05, 4.69) is 37.2 Å². The van der Waals surface area contributed by atoms with Crippen molar-refractivity contribution in [3.8, 4) is 6.07 Å². The quantitative estimate of drug-likeness (QED) is 0.812. The Morgan fingerprint density at radius 3 is 2.60 bits per heavy atom. The van der Waals surface area contributed by atoms with Gasteiger partial charge in [-0.05, 0) is 52.3 Å². The van der Waals surface area contributed by atoms with E-state index in [1.807, 2.05) is 6.07 Å². The van der Waals surface area contributed by atoms with Crippen molar-refractivity contribution in [2.24, 2.45) is 0 Å². The summed E-state index contributed by atoms with van der Waals surface area (Å²) in [6, 6.07) is 10.7. The van der Waals surface area contributed by atoms with Crippen molar-refractivity contribution in [1.82, 2.24) is 0 Å². The Morgan fingerprint density at radius 2 is 1.95 bits per heavy atom. The van der Waals surface area contributed by atoms with Gasteiger partial charge < -0.3 is 5.32 Å². The van der Waals surface area contributed by atoms with Gasteiger partial charge in [0.1, 0.15) is 11.9 Å². The lowest BCUT2D eigenvalue weighted by Gasteiger charge is -2.08. The molecule has 0 aliphatic heterocycles. The monoisotopic (exact) mass is 396 g/mol. The van der Waals surface area contributed by atoms with Gasteiger partial charge >= 0.3 is 0 Å². The van der Waals surface area contributed by atoms with Crippen LogP contribution in [-0.2, 0) is 0 Å². The predicted octanol–water partition coefficient (Wildman–Crippen LogP) is 4.47. The molecule has 0 aliphatic rings. The predicted molar refractivity (Wildman–Crippen MR) is 80.9 cm³/mol. The minimum absolute atomic E-state index is 0.290. The molecule has 20 heavy (non-hydrogen) atoms. The van der Waals surface area contributed by atoms with Crippen LogP contribution in [0.25, 0.3) is 0 Å². The number of benzene rings is 2. The van der Waals surface area contributed by atoms with E-state index in [4.69, 9.17) is 5.26 Å². The SMILES string of the molecule is N#Cc1cc(Br)ccc1NC(=O)c1ccc(F)cc1Br. The largest absolute Gasteiger partial charge is 0.321 e. The summed E-state index contributed by atoms with van der Waals surface area (Å²) in [4.78, 5) is 12.1. The molecule has 0 atom stereocenters. The summed E-state index contributed by atoms with van der Waals surface area (Å²) in [5.41, 5.74) is 1.03. The normalized spacial score (nSPS) is 9.90. The Labute approximate surface area is 131 Å². The molecule has 100 valence electrons. The third-order valence-corrected chi connectivity index (χ3v) is 3.68. The topological polar surface area (TPSA) is 52.9 Å². The van der Waals surface area contributed by atoms with Gasteiger partial charge in [-0.3, -0.25) is 4.79 Å². The Morgan fingerprint density at radius 1 is 1.20 bits per heavy atom. The molecular formula is C14H7Br2FN2O. The Bertz CT molecular complexity index is 726. The molecule has 0 heterocycles. The van der Waals surface area contributed by atoms with Gasteiger partial charge in [0.25, 0.3) is 5.91 Å². The summed E-state index contributed by atoms with van der Waals surface area (Å²) in [5, 5.41) is 11.7. The summed E-state index contributed by atoms with van der Waals surface area (Å²) in [6.07, 6.45) is 0. The minimum Gasteiger partial charge on any atom is -0.321 e. The van der Waals surface area contributed by atoms with Crippen LogP contribution in [0.5, 0.6) is 0 Å². The molecule has 0 radical (unpaired) electrons. The van der Waals surface area contributed by atoms with Crippen LogP contribution in [0.2, 0.25) is 0 Å². The van der Waals surface area contributed by atoms with Crippen LogP contribution in [-0.4, -0.2) is 5.91 Å². The van der Waals surface area contributed by atoms with E-state index in [1.165, 1.54) is 18.2 Å². The molecule has 0 fully saturated rings. The highest BCUT2D eigenvalue weighted by Gasteiger charge is 2.13. The van der Waals surface area contributed by atoms with E-state index in [-0.39, 0.29) is 0 Å². The molecule has 0 saturated carbocycles. The van der Waals surface area contributed by atoms with E-state index in [0.717, 1.165) is 4.47 Å². The fourth-order valence-electron chi connectivity index (χ4n) is 1.58. The number of nitrogens with one attached hydrogen (secondary N) is 1. The van der Waals surface area contributed by atoms with Crippen molar-refractivity contribution in [3.05, 3.63) is 62.3 Å². The lowest BCUT2D eigenvalue weighted by Crippen LogP contribution is -2.13. The smallest absolute Gasteiger partial charge is 0.256 e. The van der Waals surface area contributed by atoms with Crippen LogP contribution in [0.1, 0.15) is 15.9 Å². The second kappa shape index (κ2) is 6.16. The molecule has 0 bridgehead atoms. The van der Waals surface area contributed by atoms with Crippen molar-refractivity contribution < 1.29 is 9.18 Å². The van der Waals surface area contributed by atoms with Crippen molar-refractivity contribution >= 4 is 43.5 Å². The number of anilines is 1. The van der Waals surface area contributed by atoms with Gasteiger partial charge in [-0.1, -0.05) is 15.9 Å². The molecule has 1 N–H and O–H groups in total. The van der Waals surface area contributed by atoms with Gasteiger partial charge in [0, 0.05) is 8.95 Å². The molecule has 0 saturated heterocycles. The first-order chi connectivity index (χ1) is 9.51. The zero-order valence-electron chi connectivity index (χ0n) is 9.95. The van der Waals surface area contributed by atoms with Crippen LogP contribution >= 0.6 is 31.9 Å². The number of hydrogen-bond donors (Lipinski definition) is 1. The molecule has 0 unspecified atom stereocenters. The Balaban J connectivity index is 2.31. The first-order valence-electron chi connectivity index (χ1n) is 5.47. The van der Waals surface area contributed by atoms with Gasteiger partial charge in [0.15, 0.2) is 0 Å². The van der Waals surface area contributed by atoms with Gasteiger partial charge in [-0.25, -0.2) is 4.39 Å². The standard InChI is InChI=1S/C14H7Br2FN2O/c15-9-1-4-13(8(5-9)7-18)19-14(20)11-3-2-10(17)6-12(11)16/h1-6H,(H,19,20). The van der Waals surface area contributed by atoms with Crippen molar-refractivity contribution in [1.29, 1.82) is 5.26 Å². The lowest BCUT2D eigenvalue weighted by atomic mass is 10.1. The second-order valence-electron chi connectivity index (χ2n) is 3.88. The highest BCUT2D eigenvalue weighted by molar-refractivity contribution is 9.10. The van der Waals surface area contributed by atoms with Crippen molar-refractivity contribution in [2.75, 3.05) is 5.32 Å². The molecule has 2 aromatic rings. The van der Waals surface area contributed by atoms with E-state index in [1.54, 1.807) is 18.2 Å². The minimum atomic E-state index is -0.435. The summed E-state index contributed by atoms with van der Waals surface area (Å²) < 4.78 is 14.1. The van der Waals surface area contributed by atoms with Crippen LogP contribution in [0, 0.1) is 17.1 Å². The fraction of sp³-hybridized carbons (Fsp3) is 0. The number of amides is 1. The van der Waals surface area contributed by atoms with E-state index < -0.39 is 11.7 Å². The zero-order chi connectivity index (χ0) is 14.7. The summed E-state index contributed by atoms with van der Waals surface area (Å²) in [6.45, 7) is 0. The zero-order valence-corrected chi connectivity index (χ0v) is 13.1. The molecule has 0 aromatic heterocycles. The number of nitriles is 1. The summed E-state index contributed by atoms with van der Waals surface area (Å²) >= 11 is 6.39. The Hall–Kier alpha value is -1.71. The average molecular weight is 398 g/mol. The van der Waals surface area contributed by atoms with E-state index in [0.29, 0.717) is 21.3 Å². The Kier molecular flexibility index (Phi) is 4.53. The maximum absolute atomic E-state index is 13.0. The number of carbonyl (C=O) groups is 1. The number of hydrogen-bond acceptors (Lipinski definition) is 2. The highest BCUT2D eigenvalue weighted by atomic mass is 79.9. The summed E-state index contributed by atoms with van der Waals surface area (Å²) in [5.74, 6) is -0.856. The van der Waals surface area contributed by atoms with Gasteiger partial charge in [0.05, 0.1) is 16.8 Å². The third kappa shape index (κ3) is 3.24. The fourth-order valence-corrected chi connectivity index (χ4v) is 2.47. The maximum atomic E-state index is 13.0. The number of carbonyl (C=O) groups excluding carboxylic acids is 1. The molecule has 0 spiro atoms. The van der Waals surface area contributed by atoms with Crippen LogP contribution in [0.15, 0.2) is 45.3 Å².